The Kier molecular flexibility index (Phi) is 14.5. The summed E-state index contributed by atoms with van der Waals surface area (Å²) in [6.07, 6.45) is 1.08. The van der Waals surface area contributed by atoms with Gasteiger partial charge in [-0.25, -0.2) is 4.79 Å². The zero-order valence-corrected chi connectivity index (χ0v) is 22.4. The van der Waals surface area contributed by atoms with Crippen LogP contribution in [0.2, 0.25) is 0 Å². The van der Waals surface area contributed by atoms with Gasteiger partial charge in [-0.05, 0) is 62.3 Å². The van der Waals surface area contributed by atoms with Crippen molar-refractivity contribution in [1.29, 1.82) is 0 Å². The molecular weight excluding hydrogens is 510 g/mol. The maximum atomic E-state index is 13.2. The third-order valence-electron chi connectivity index (χ3n) is 6.37. The van der Waals surface area contributed by atoms with Crippen molar-refractivity contribution in [2.45, 2.75) is 83.0 Å². The molecule has 5 atom stereocenters. The molecule has 0 radical (unpaired) electrons. The van der Waals surface area contributed by atoms with E-state index in [1.807, 2.05) is 0 Å². The van der Waals surface area contributed by atoms with Crippen LogP contribution in [-0.2, 0) is 30.4 Å². The monoisotopic (exact) mass is 551 g/mol. The fourth-order valence-corrected chi connectivity index (χ4v) is 3.76. The van der Waals surface area contributed by atoms with E-state index in [0.717, 1.165) is 0 Å². The Labute approximate surface area is 227 Å². The summed E-state index contributed by atoms with van der Waals surface area (Å²) in [7, 11) is 0. The van der Waals surface area contributed by atoms with Crippen LogP contribution in [0.4, 0.5) is 0 Å². The number of phenolic OH excluding ortho intramolecular Hbond substituents is 1. The van der Waals surface area contributed by atoms with Crippen molar-refractivity contribution in [3.8, 4) is 5.75 Å². The number of nitrogens with one attached hydrogen (secondary N) is 3. The van der Waals surface area contributed by atoms with Crippen LogP contribution in [0, 0.1) is 5.92 Å². The van der Waals surface area contributed by atoms with E-state index >= 15 is 0 Å². The molecule has 0 aromatic heterocycles. The molecule has 10 N–H and O–H groups in total. The van der Waals surface area contributed by atoms with Gasteiger partial charge in [-0.3, -0.25) is 19.2 Å². The molecule has 5 unspecified atom stereocenters. The number of rotatable bonds is 18. The molecule has 39 heavy (non-hydrogen) atoms. The smallest absolute Gasteiger partial charge is 0.326 e. The van der Waals surface area contributed by atoms with Gasteiger partial charge < -0.3 is 42.7 Å². The second-order valence-corrected chi connectivity index (χ2v) is 9.53. The highest BCUT2D eigenvalue weighted by molar-refractivity contribution is 5.94. The molecular formula is C26H41N5O8. The minimum absolute atomic E-state index is 0.0636. The quantitative estimate of drug-likeness (QED) is 0.112. The number of benzene rings is 1. The molecule has 0 saturated heterocycles. The standard InChI is InChI=1S/C26H41N5O8/c1-3-15(2)22(26(38)39)31-25(37)20(11-12-21(33)34)30-24(36)19(6-4-5-13-27)29-23(35)18(28)14-16-7-9-17(32)10-8-16/h7-10,15,18-20,22,32H,3-6,11-14,27-28H2,1-2H3,(H,29,35)(H,30,36)(H,31,37)(H,33,34)(H,38,39). The SMILES string of the molecule is CCC(C)C(NC(=O)C(CCC(=O)O)NC(=O)C(CCCCN)NC(=O)C(N)Cc1ccc(O)cc1)C(=O)O. The predicted molar refractivity (Wildman–Crippen MR) is 142 cm³/mol. The number of unbranched alkanes of at least 4 members (excludes halogenated alkanes) is 1. The van der Waals surface area contributed by atoms with Gasteiger partial charge in [0.15, 0.2) is 0 Å². The van der Waals surface area contributed by atoms with Crippen molar-refractivity contribution in [3.05, 3.63) is 29.8 Å². The highest BCUT2D eigenvalue weighted by atomic mass is 16.4. The third-order valence-corrected chi connectivity index (χ3v) is 6.37. The topological polar surface area (TPSA) is 234 Å². The molecule has 1 rings (SSSR count). The number of amides is 3. The van der Waals surface area contributed by atoms with Crippen LogP contribution in [0.3, 0.4) is 0 Å². The molecule has 13 heteroatoms. The molecule has 1 aromatic carbocycles. The number of carbonyl (C=O) groups is 5. The van der Waals surface area contributed by atoms with Gasteiger partial charge in [0.05, 0.1) is 6.04 Å². The third kappa shape index (κ3) is 12.1. The number of hydrogen-bond donors (Lipinski definition) is 8. The number of aromatic hydroxyl groups is 1. The molecule has 0 aliphatic rings. The number of phenols is 1. The van der Waals surface area contributed by atoms with Gasteiger partial charge in [-0.2, -0.15) is 0 Å². The van der Waals surface area contributed by atoms with Crippen molar-refractivity contribution < 1.29 is 39.3 Å². The van der Waals surface area contributed by atoms with Gasteiger partial charge >= 0.3 is 11.9 Å². The zero-order chi connectivity index (χ0) is 29.5. The number of nitrogens with two attached hydrogens (primary N) is 2. The second kappa shape index (κ2) is 17.0. The van der Waals surface area contributed by atoms with Crippen LogP contribution >= 0.6 is 0 Å². The van der Waals surface area contributed by atoms with Crippen LogP contribution in [0.15, 0.2) is 24.3 Å². The van der Waals surface area contributed by atoms with Crippen molar-refractivity contribution in [3.63, 3.8) is 0 Å². The zero-order valence-electron chi connectivity index (χ0n) is 22.4. The summed E-state index contributed by atoms with van der Waals surface area (Å²) in [5.74, 6) is -5.01. The maximum Gasteiger partial charge on any atom is 0.326 e. The predicted octanol–water partition coefficient (Wildman–Crippen LogP) is -0.159. The molecule has 13 nitrogen and oxygen atoms in total. The second-order valence-electron chi connectivity index (χ2n) is 9.53. The summed E-state index contributed by atoms with van der Waals surface area (Å²) in [4.78, 5) is 61.8. The molecule has 218 valence electrons. The maximum absolute atomic E-state index is 13.2. The van der Waals surface area contributed by atoms with Gasteiger partial charge in [0.25, 0.3) is 0 Å². The highest BCUT2D eigenvalue weighted by Crippen LogP contribution is 2.12. The number of hydrogen-bond acceptors (Lipinski definition) is 8. The molecule has 0 bridgehead atoms. The summed E-state index contributed by atoms with van der Waals surface area (Å²) >= 11 is 0. The van der Waals surface area contributed by atoms with Crippen LogP contribution in [0.1, 0.15) is 57.9 Å². The number of aliphatic carboxylic acids is 2. The summed E-state index contributed by atoms with van der Waals surface area (Å²) in [6.45, 7) is 3.77. The minimum Gasteiger partial charge on any atom is -0.508 e. The Morgan fingerprint density at radius 1 is 0.872 bits per heavy atom. The van der Waals surface area contributed by atoms with Crippen molar-refractivity contribution >= 4 is 29.7 Å². The van der Waals surface area contributed by atoms with Gasteiger partial charge in [-0.15, -0.1) is 0 Å². The Hall–Kier alpha value is -3.71. The van der Waals surface area contributed by atoms with Crippen molar-refractivity contribution in [2.24, 2.45) is 17.4 Å². The first-order valence-electron chi connectivity index (χ1n) is 13.0. The lowest BCUT2D eigenvalue weighted by molar-refractivity contribution is -0.144. The minimum atomic E-state index is -1.35. The highest BCUT2D eigenvalue weighted by Gasteiger charge is 2.32. The molecule has 0 saturated carbocycles. The lowest BCUT2D eigenvalue weighted by atomic mass is 9.98. The first kappa shape index (κ1) is 33.3. The fourth-order valence-electron chi connectivity index (χ4n) is 3.76. The van der Waals surface area contributed by atoms with E-state index in [1.54, 1.807) is 26.0 Å². The van der Waals surface area contributed by atoms with E-state index in [9.17, 15) is 34.2 Å². The summed E-state index contributed by atoms with van der Waals surface area (Å²) in [6, 6.07) is 1.45. The Balaban J connectivity index is 3.03. The van der Waals surface area contributed by atoms with Crippen LogP contribution in [0.25, 0.3) is 0 Å². The average Bonchev–Trinajstić information content (AvgIpc) is 2.89. The van der Waals surface area contributed by atoms with E-state index in [-0.39, 0.29) is 25.0 Å². The van der Waals surface area contributed by atoms with Crippen LogP contribution in [-0.4, -0.2) is 75.7 Å². The molecule has 0 fully saturated rings. The average molecular weight is 552 g/mol. The van der Waals surface area contributed by atoms with Crippen molar-refractivity contribution in [2.75, 3.05) is 6.54 Å². The van der Waals surface area contributed by atoms with Gasteiger partial charge in [0.2, 0.25) is 17.7 Å². The molecule has 0 heterocycles. The summed E-state index contributed by atoms with van der Waals surface area (Å²) in [5, 5.41) is 35.5. The van der Waals surface area contributed by atoms with Gasteiger partial charge in [0.1, 0.15) is 23.9 Å². The van der Waals surface area contributed by atoms with Gasteiger partial charge in [0, 0.05) is 6.42 Å². The van der Waals surface area contributed by atoms with E-state index in [2.05, 4.69) is 16.0 Å². The van der Waals surface area contributed by atoms with Crippen LogP contribution < -0.4 is 27.4 Å². The Morgan fingerprint density at radius 2 is 1.44 bits per heavy atom. The largest absolute Gasteiger partial charge is 0.508 e. The molecule has 0 spiro atoms. The van der Waals surface area contributed by atoms with E-state index < -0.39 is 66.2 Å². The van der Waals surface area contributed by atoms with E-state index in [0.29, 0.717) is 31.4 Å². The number of carboxylic acids is 2. The van der Waals surface area contributed by atoms with Crippen LogP contribution in [0.5, 0.6) is 5.75 Å². The summed E-state index contributed by atoms with van der Waals surface area (Å²) in [5.41, 5.74) is 12.3. The Morgan fingerprint density at radius 3 is 1.97 bits per heavy atom. The fraction of sp³-hybridized carbons (Fsp3) is 0.577. The first-order chi connectivity index (χ1) is 18.4. The molecule has 3 amide bonds. The lowest BCUT2D eigenvalue weighted by Crippen LogP contribution is -2.57. The van der Waals surface area contributed by atoms with Gasteiger partial charge in [-0.1, -0.05) is 32.4 Å². The molecule has 0 aliphatic heterocycles. The van der Waals surface area contributed by atoms with Crippen molar-refractivity contribution in [1.82, 2.24) is 16.0 Å². The normalized spacial score (nSPS) is 14.8. The van der Waals surface area contributed by atoms with E-state index in [1.165, 1.54) is 12.1 Å². The lowest BCUT2D eigenvalue weighted by Gasteiger charge is -2.26. The first-order valence-corrected chi connectivity index (χ1v) is 13.0. The number of carbonyl (C=O) groups excluding carboxylic acids is 3. The molecule has 1 aromatic rings. The molecule has 0 aliphatic carbocycles. The Bertz CT molecular complexity index is 972. The summed E-state index contributed by atoms with van der Waals surface area (Å²) < 4.78 is 0. The van der Waals surface area contributed by atoms with E-state index in [4.69, 9.17) is 16.6 Å². The number of carboxylic acid groups (broad SMARTS) is 2.